The van der Waals surface area contributed by atoms with E-state index < -0.39 is 12.6 Å². The van der Waals surface area contributed by atoms with Gasteiger partial charge in [-0.15, -0.1) is 16.7 Å². The minimum atomic E-state index is -0.588. The number of hydrogen-bond acceptors (Lipinski definition) is 4. The van der Waals surface area contributed by atoms with Crippen LogP contribution in [0.3, 0.4) is 0 Å². The maximum atomic E-state index is 12.1. The third kappa shape index (κ3) is 2.65. The molecule has 0 bridgehead atoms. The molecule has 15 heavy (non-hydrogen) atoms. The molecule has 1 heterocycles. The van der Waals surface area contributed by atoms with Gasteiger partial charge < -0.3 is 4.74 Å². The monoisotopic (exact) mass is 235 g/mol. The fraction of sp³-hybridized carbons (Fsp3) is 0.625. The number of aryl methyl sites for hydroxylation is 1. The van der Waals surface area contributed by atoms with Crippen LogP contribution in [0.2, 0.25) is 0 Å². The van der Waals surface area contributed by atoms with Gasteiger partial charge in [0.2, 0.25) is 0 Å². The molecule has 0 aliphatic heterocycles. The molecule has 1 rings (SSSR count). The number of alkyl halides is 2. The van der Waals surface area contributed by atoms with Gasteiger partial charge in [-0.25, -0.2) is 13.9 Å². The van der Waals surface area contributed by atoms with Gasteiger partial charge in [-0.05, 0) is 6.92 Å². The molecule has 7 heteroatoms. The van der Waals surface area contributed by atoms with E-state index in [1.165, 1.54) is 4.68 Å². The number of carbonyl (C=O) groups is 1. The smallest absolute Gasteiger partial charge is 0.360 e. The fourth-order valence-corrected chi connectivity index (χ4v) is 1.35. The molecule has 5 nitrogen and oxygen atoms in total. The molecule has 0 saturated carbocycles. The summed E-state index contributed by atoms with van der Waals surface area (Å²) in [6, 6.07) is 0. The molecule has 0 N–H and O–H groups in total. The first-order valence-corrected chi connectivity index (χ1v) is 4.99. The van der Waals surface area contributed by atoms with E-state index in [9.17, 15) is 9.18 Å². The lowest BCUT2D eigenvalue weighted by Crippen LogP contribution is -2.10. The van der Waals surface area contributed by atoms with Crippen molar-refractivity contribution in [2.45, 2.75) is 19.3 Å². The quantitative estimate of drug-likeness (QED) is 0.568. The Balaban J connectivity index is 2.92. The van der Waals surface area contributed by atoms with E-state index in [-0.39, 0.29) is 24.7 Å². The van der Waals surface area contributed by atoms with Crippen molar-refractivity contribution in [3.63, 3.8) is 0 Å². The summed E-state index contributed by atoms with van der Waals surface area (Å²) in [4.78, 5) is 11.4. The van der Waals surface area contributed by atoms with E-state index in [0.717, 1.165) is 0 Å². The average Bonchev–Trinajstić information content (AvgIpc) is 2.62. The number of nitrogens with zero attached hydrogens (tertiary/aromatic N) is 3. The van der Waals surface area contributed by atoms with Crippen LogP contribution in [0.15, 0.2) is 0 Å². The van der Waals surface area contributed by atoms with E-state index >= 15 is 0 Å². The van der Waals surface area contributed by atoms with Gasteiger partial charge in [0.05, 0.1) is 24.7 Å². The molecule has 0 amide bonds. The highest BCUT2D eigenvalue weighted by atomic mass is 35.5. The second kappa shape index (κ2) is 5.65. The van der Waals surface area contributed by atoms with Crippen LogP contribution in [-0.4, -0.2) is 34.2 Å². The van der Waals surface area contributed by atoms with Crippen LogP contribution >= 0.6 is 11.6 Å². The zero-order valence-corrected chi connectivity index (χ0v) is 9.00. The Morgan fingerprint density at radius 1 is 1.67 bits per heavy atom. The lowest BCUT2D eigenvalue weighted by atomic mass is 10.3. The van der Waals surface area contributed by atoms with Crippen LogP contribution in [-0.2, 0) is 17.2 Å². The van der Waals surface area contributed by atoms with Crippen LogP contribution in [0.5, 0.6) is 0 Å². The minimum absolute atomic E-state index is 0.0362. The van der Waals surface area contributed by atoms with Gasteiger partial charge in [-0.1, -0.05) is 5.21 Å². The summed E-state index contributed by atoms with van der Waals surface area (Å²) >= 11 is 5.63. The molecule has 1 aromatic heterocycles. The van der Waals surface area contributed by atoms with Crippen molar-refractivity contribution in [2.75, 3.05) is 13.3 Å². The van der Waals surface area contributed by atoms with E-state index in [0.29, 0.717) is 5.69 Å². The lowest BCUT2D eigenvalue weighted by molar-refractivity contribution is 0.0518. The van der Waals surface area contributed by atoms with Gasteiger partial charge in [0.1, 0.15) is 6.67 Å². The van der Waals surface area contributed by atoms with Gasteiger partial charge in [-0.3, -0.25) is 0 Å². The molecule has 1 aromatic rings. The van der Waals surface area contributed by atoms with Crippen molar-refractivity contribution in [1.82, 2.24) is 15.0 Å². The maximum absolute atomic E-state index is 12.1. The second-order valence-corrected chi connectivity index (χ2v) is 2.92. The molecule has 0 spiro atoms. The SMILES string of the molecule is CCOC(=O)c1nnn(CCF)c1CCl. The van der Waals surface area contributed by atoms with E-state index in [2.05, 4.69) is 10.3 Å². The van der Waals surface area contributed by atoms with Gasteiger partial charge in [0.15, 0.2) is 5.69 Å². The molecule has 84 valence electrons. The fourth-order valence-electron chi connectivity index (χ4n) is 1.08. The summed E-state index contributed by atoms with van der Waals surface area (Å²) in [5, 5.41) is 7.23. The molecule has 0 unspecified atom stereocenters. The Labute approximate surface area is 91.2 Å². The highest BCUT2D eigenvalue weighted by Crippen LogP contribution is 2.10. The van der Waals surface area contributed by atoms with Crippen molar-refractivity contribution in [3.8, 4) is 0 Å². The van der Waals surface area contributed by atoms with Gasteiger partial charge in [0, 0.05) is 0 Å². The van der Waals surface area contributed by atoms with Gasteiger partial charge in [-0.2, -0.15) is 0 Å². The first kappa shape index (κ1) is 11.9. The number of aromatic nitrogens is 3. The summed E-state index contributed by atoms with van der Waals surface area (Å²) in [7, 11) is 0. The first-order chi connectivity index (χ1) is 7.24. The van der Waals surface area contributed by atoms with E-state index in [4.69, 9.17) is 16.3 Å². The summed E-state index contributed by atoms with van der Waals surface area (Å²) in [5.74, 6) is -0.542. The Morgan fingerprint density at radius 3 is 2.93 bits per heavy atom. The first-order valence-electron chi connectivity index (χ1n) is 4.46. The number of ether oxygens (including phenoxy) is 1. The topological polar surface area (TPSA) is 57.0 Å². The van der Waals surface area contributed by atoms with Gasteiger partial charge >= 0.3 is 5.97 Å². The Morgan fingerprint density at radius 2 is 2.40 bits per heavy atom. The standard InChI is InChI=1S/C8H11ClFN3O2/c1-2-15-8(14)7-6(5-9)13(4-3-10)12-11-7/h2-5H2,1H3. The van der Waals surface area contributed by atoms with Crippen LogP contribution in [0.1, 0.15) is 23.1 Å². The molecular weight excluding hydrogens is 225 g/mol. The zero-order valence-electron chi connectivity index (χ0n) is 8.24. The molecule has 0 aliphatic carbocycles. The minimum Gasteiger partial charge on any atom is -0.461 e. The summed E-state index contributed by atoms with van der Waals surface area (Å²) in [6.07, 6.45) is 0. The third-order valence-corrected chi connectivity index (χ3v) is 1.98. The predicted octanol–water partition coefficient (Wildman–Crippen LogP) is 1.16. The highest BCUT2D eigenvalue weighted by molar-refractivity contribution is 6.17. The van der Waals surface area contributed by atoms with Crippen molar-refractivity contribution in [3.05, 3.63) is 11.4 Å². The summed E-state index contributed by atoms with van der Waals surface area (Å²) < 4.78 is 18.1. The number of esters is 1. The number of hydrogen-bond donors (Lipinski definition) is 0. The van der Waals surface area contributed by atoms with Crippen LogP contribution in [0.4, 0.5) is 4.39 Å². The molecular formula is C8H11ClFN3O2. The lowest BCUT2D eigenvalue weighted by Gasteiger charge is -2.02. The van der Waals surface area contributed by atoms with Crippen LogP contribution in [0, 0.1) is 0 Å². The summed E-state index contributed by atoms with van der Waals surface area (Å²) in [5.41, 5.74) is 0.438. The normalized spacial score (nSPS) is 10.3. The Bertz CT molecular complexity index is 343. The van der Waals surface area contributed by atoms with Gasteiger partial charge in [0.25, 0.3) is 0 Å². The maximum Gasteiger partial charge on any atom is 0.360 e. The Hall–Kier alpha value is -1.17. The van der Waals surface area contributed by atoms with E-state index in [1.807, 2.05) is 0 Å². The largest absolute Gasteiger partial charge is 0.461 e. The molecule has 0 atom stereocenters. The van der Waals surface area contributed by atoms with Crippen LogP contribution < -0.4 is 0 Å². The van der Waals surface area contributed by atoms with Crippen LogP contribution in [0.25, 0.3) is 0 Å². The van der Waals surface area contributed by atoms with E-state index in [1.54, 1.807) is 6.92 Å². The second-order valence-electron chi connectivity index (χ2n) is 2.65. The van der Waals surface area contributed by atoms with Crippen molar-refractivity contribution in [1.29, 1.82) is 0 Å². The number of carbonyl (C=O) groups excluding carboxylic acids is 1. The number of rotatable bonds is 5. The molecule has 0 aromatic carbocycles. The molecule has 0 aliphatic rings. The molecule has 0 saturated heterocycles. The third-order valence-electron chi connectivity index (χ3n) is 1.73. The highest BCUT2D eigenvalue weighted by Gasteiger charge is 2.19. The van der Waals surface area contributed by atoms with Crippen molar-refractivity contribution >= 4 is 17.6 Å². The van der Waals surface area contributed by atoms with Crippen molar-refractivity contribution < 1.29 is 13.9 Å². The zero-order chi connectivity index (χ0) is 11.3. The summed E-state index contributed by atoms with van der Waals surface area (Å²) in [6.45, 7) is 1.38. The molecule has 0 radical (unpaired) electrons. The number of halogens is 2. The average molecular weight is 236 g/mol. The molecule has 0 fully saturated rings. The predicted molar refractivity (Wildman–Crippen MR) is 51.5 cm³/mol. The van der Waals surface area contributed by atoms with Crippen molar-refractivity contribution in [2.24, 2.45) is 0 Å². The Kier molecular flexibility index (Phi) is 4.48.